The minimum atomic E-state index is -4.43. The summed E-state index contributed by atoms with van der Waals surface area (Å²) < 4.78 is 39.1. The van der Waals surface area contributed by atoms with Crippen molar-refractivity contribution in [2.24, 2.45) is 5.73 Å². The minimum absolute atomic E-state index is 0.0857. The predicted octanol–water partition coefficient (Wildman–Crippen LogP) is 3.63. The van der Waals surface area contributed by atoms with Crippen molar-refractivity contribution in [3.05, 3.63) is 23.8 Å². The zero-order valence-electron chi connectivity index (χ0n) is 13.2. The summed E-state index contributed by atoms with van der Waals surface area (Å²) >= 11 is 0. The molecule has 1 aromatic rings. The maximum Gasteiger partial charge on any atom is 0.418 e. The van der Waals surface area contributed by atoms with E-state index in [0.29, 0.717) is 18.8 Å². The molecule has 4 nitrogen and oxygen atoms in total. The predicted molar refractivity (Wildman–Crippen MR) is 82.8 cm³/mol. The van der Waals surface area contributed by atoms with Gasteiger partial charge in [0.05, 0.1) is 18.4 Å². The van der Waals surface area contributed by atoms with Gasteiger partial charge in [0.25, 0.3) is 0 Å². The van der Waals surface area contributed by atoms with E-state index in [1.165, 1.54) is 13.2 Å². The second-order valence-electron chi connectivity index (χ2n) is 4.86. The fraction of sp³-hybridized carbons (Fsp3) is 0.600. The number of hydrogen-bond acceptors (Lipinski definition) is 4. The number of nitrogens with one attached hydrogen (secondary N) is 1. The Morgan fingerprint density at radius 3 is 2.32 bits per heavy atom. The topological polar surface area (TPSA) is 50.5 Å². The number of piperidine rings is 1. The van der Waals surface area contributed by atoms with Crippen LogP contribution < -0.4 is 16.1 Å². The SMILES string of the molecule is CC.CONc1ccc(N2CCC(N)CC2)cc1C(F)(F)F. The minimum Gasteiger partial charge on any atom is -0.371 e. The van der Waals surface area contributed by atoms with E-state index in [9.17, 15) is 13.2 Å². The molecule has 1 aromatic carbocycles. The standard InChI is InChI=1S/C13H18F3N3O.C2H6/c1-20-18-12-3-2-10(8-11(12)13(14,15)16)19-6-4-9(17)5-7-19;1-2/h2-3,8-9,18H,4-7,17H2,1H3;1-2H3. The van der Waals surface area contributed by atoms with E-state index in [0.717, 1.165) is 18.9 Å². The molecule has 0 bridgehead atoms. The van der Waals surface area contributed by atoms with Gasteiger partial charge in [-0.05, 0) is 31.0 Å². The van der Waals surface area contributed by atoms with Gasteiger partial charge in [-0.25, -0.2) is 0 Å². The summed E-state index contributed by atoms with van der Waals surface area (Å²) in [5.41, 5.74) is 7.81. The summed E-state index contributed by atoms with van der Waals surface area (Å²) in [4.78, 5) is 6.51. The van der Waals surface area contributed by atoms with E-state index >= 15 is 0 Å². The second kappa shape index (κ2) is 8.24. The van der Waals surface area contributed by atoms with Crippen LogP contribution in [-0.4, -0.2) is 26.2 Å². The van der Waals surface area contributed by atoms with Crippen LogP contribution in [0, 0.1) is 0 Å². The van der Waals surface area contributed by atoms with Gasteiger partial charge < -0.3 is 10.6 Å². The molecule has 1 heterocycles. The van der Waals surface area contributed by atoms with Crippen LogP contribution >= 0.6 is 0 Å². The van der Waals surface area contributed by atoms with Gasteiger partial charge in [0.2, 0.25) is 0 Å². The van der Waals surface area contributed by atoms with Gasteiger partial charge in [0, 0.05) is 24.8 Å². The van der Waals surface area contributed by atoms with Crippen molar-refractivity contribution in [1.29, 1.82) is 0 Å². The van der Waals surface area contributed by atoms with Gasteiger partial charge in [-0.15, -0.1) is 0 Å². The third kappa shape index (κ3) is 4.78. The van der Waals surface area contributed by atoms with Crippen LogP contribution in [0.3, 0.4) is 0 Å². The largest absolute Gasteiger partial charge is 0.418 e. The smallest absolute Gasteiger partial charge is 0.371 e. The van der Waals surface area contributed by atoms with Crippen LogP contribution in [0.4, 0.5) is 24.5 Å². The number of halogens is 3. The lowest BCUT2D eigenvalue weighted by Gasteiger charge is -2.32. The van der Waals surface area contributed by atoms with Crippen molar-refractivity contribution < 1.29 is 18.0 Å². The second-order valence-corrected chi connectivity index (χ2v) is 4.86. The Morgan fingerprint density at radius 1 is 1.23 bits per heavy atom. The Bertz CT molecular complexity index is 458. The van der Waals surface area contributed by atoms with Gasteiger partial charge in [0.1, 0.15) is 0 Å². The average Bonchev–Trinajstić information content (AvgIpc) is 2.50. The number of rotatable bonds is 3. The average molecular weight is 319 g/mol. The third-order valence-electron chi connectivity index (χ3n) is 3.43. The first-order valence-corrected chi connectivity index (χ1v) is 7.42. The lowest BCUT2D eigenvalue weighted by atomic mass is 10.0. The van der Waals surface area contributed by atoms with E-state index in [-0.39, 0.29) is 11.7 Å². The fourth-order valence-electron chi connectivity index (χ4n) is 2.32. The van der Waals surface area contributed by atoms with E-state index in [4.69, 9.17) is 5.73 Å². The van der Waals surface area contributed by atoms with Crippen molar-refractivity contribution in [3.63, 3.8) is 0 Å². The van der Waals surface area contributed by atoms with Gasteiger partial charge in [0.15, 0.2) is 0 Å². The molecule has 126 valence electrons. The summed E-state index contributed by atoms with van der Waals surface area (Å²) in [6.07, 6.45) is -2.85. The molecule has 1 fully saturated rings. The van der Waals surface area contributed by atoms with Crippen LogP contribution in [0.1, 0.15) is 32.3 Å². The Labute approximate surface area is 129 Å². The van der Waals surface area contributed by atoms with Crippen LogP contribution in [0.25, 0.3) is 0 Å². The molecular formula is C15H24F3N3O. The van der Waals surface area contributed by atoms with E-state index in [1.54, 1.807) is 6.07 Å². The Kier molecular flexibility index (Phi) is 6.96. The van der Waals surface area contributed by atoms with Crippen molar-refractivity contribution in [2.45, 2.75) is 38.9 Å². The first-order valence-electron chi connectivity index (χ1n) is 7.42. The number of alkyl halides is 3. The van der Waals surface area contributed by atoms with E-state index in [1.807, 2.05) is 18.7 Å². The van der Waals surface area contributed by atoms with E-state index in [2.05, 4.69) is 10.3 Å². The van der Waals surface area contributed by atoms with E-state index < -0.39 is 11.7 Å². The number of hydrogen-bond donors (Lipinski definition) is 2. The molecule has 3 N–H and O–H groups in total. The van der Waals surface area contributed by atoms with Crippen molar-refractivity contribution in [3.8, 4) is 0 Å². The molecule has 0 radical (unpaired) electrons. The molecule has 22 heavy (non-hydrogen) atoms. The number of nitrogens with zero attached hydrogens (tertiary/aromatic N) is 1. The van der Waals surface area contributed by atoms with Crippen LogP contribution in [0.15, 0.2) is 18.2 Å². The molecular weight excluding hydrogens is 295 g/mol. The highest BCUT2D eigenvalue weighted by molar-refractivity contribution is 5.61. The van der Waals surface area contributed by atoms with Crippen molar-refractivity contribution >= 4 is 11.4 Å². The Hall–Kier alpha value is -1.47. The quantitative estimate of drug-likeness (QED) is 0.835. The molecule has 0 aliphatic carbocycles. The number of benzene rings is 1. The third-order valence-corrected chi connectivity index (χ3v) is 3.43. The van der Waals surface area contributed by atoms with Gasteiger partial charge in [-0.1, -0.05) is 13.8 Å². The van der Waals surface area contributed by atoms with Crippen LogP contribution in [0.5, 0.6) is 0 Å². The summed E-state index contributed by atoms with van der Waals surface area (Å²) in [7, 11) is 1.28. The summed E-state index contributed by atoms with van der Waals surface area (Å²) in [5, 5.41) is 0. The summed E-state index contributed by atoms with van der Waals surface area (Å²) in [5.74, 6) is 0. The molecule has 0 saturated carbocycles. The Morgan fingerprint density at radius 2 is 1.82 bits per heavy atom. The molecule has 0 amide bonds. The highest BCUT2D eigenvalue weighted by atomic mass is 19.4. The first kappa shape index (κ1) is 18.6. The molecule has 0 unspecified atom stereocenters. The first-order chi connectivity index (χ1) is 10.4. The number of nitrogens with two attached hydrogens (primary N) is 1. The highest BCUT2D eigenvalue weighted by Crippen LogP contribution is 2.37. The maximum atomic E-state index is 13.0. The molecule has 2 rings (SSSR count). The molecule has 7 heteroatoms. The zero-order valence-corrected chi connectivity index (χ0v) is 13.2. The molecule has 0 aromatic heterocycles. The molecule has 0 atom stereocenters. The van der Waals surface area contributed by atoms with Crippen LogP contribution in [0.2, 0.25) is 0 Å². The van der Waals surface area contributed by atoms with Crippen molar-refractivity contribution in [1.82, 2.24) is 0 Å². The molecule has 1 aliphatic heterocycles. The zero-order chi connectivity index (χ0) is 16.8. The van der Waals surface area contributed by atoms with Crippen LogP contribution in [-0.2, 0) is 11.0 Å². The number of anilines is 2. The van der Waals surface area contributed by atoms with Gasteiger partial charge in [-0.3, -0.25) is 10.3 Å². The van der Waals surface area contributed by atoms with Crippen molar-refractivity contribution in [2.75, 3.05) is 30.6 Å². The lowest BCUT2D eigenvalue weighted by molar-refractivity contribution is -0.137. The molecule has 1 aliphatic rings. The Balaban J connectivity index is 0.00000116. The highest BCUT2D eigenvalue weighted by Gasteiger charge is 2.34. The molecule has 0 spiro atoms. The normalized spacial score (nSPS) is 16.0. The lowest BCUT2D eigenvalue weighted by Crippen LogP contribution is -2.39. The molecule has 1 saturated heterocycles. The van der Waals surface area contributed by atoms with Gasteiger partial charge >= 0.3 is 6.18 Å². The van der Waals surface area contributed by atoms with Gasteiger partial charge in [-0.2, -0.15) is 13.2 Å². The maximum absolute atomic E-state index is 13.0. The fourth-order valence-corrected chi connectivity index (χ4v) is 2.32. The monoisotopic (exact) mass is 319 g/mol. The summed E-state index contributed by atoms with van der Waals surface area (Å²) in [6.45, 7) is 5.35. The summed E-state index contributed by atoms with van der Waals surface area (Å²) in [6, 6.07) is 4.34.